The van der Waals surface area contributed by atoms with Crippen LogP contribution in [-0.2, 0) is 0 Å². The van der Waals surface area contributed by atoms with Gasteiger partial charge in [0.2, 0.25) is 0 Å². The Morgan fingerprint density at radius 1 is 1.40 bits per heavy atom. The molecule has 0 saturated carbocycles. The number of halogens is 4. The first-order chi connectivity index (χ1) is 6.83. The lowest BCUT2D eigenvalue weighted by Crippen LogP contribution is -2.18. The maximum atomic E-state index is 11.9. The summed E-state index contributed by atoms with van der Waals surface area (Å²) in [6.45, 7) is 0. The molecular weight excluding hydrogens is 281 g/mol. The highest BCUT2D eigenvalue weighted by atomic mass is 79.9. The smallest absolute Gasteiger partial charge is 0.507 e. The van der Waals surface area contributed by atoms with Crippen LogP contribution in [0.15, 0.2) is 16.6 Å². The second-order valence-electron chi connectivity index (χ2n) is 2.51. The van der Waals surface area contributed by atoms with E-state index in [0.717, 1.165) is 12.1 Å². The molecule has 0 bridgehead atoms. The summed E-state index contributed by atoms with van der Waals surface area (Å²) in [5, 5.41) is 9.11. The molecule has 15 heavy (non-hydrogen) atoms. The van der Waals surface area contributed by atoms with E-state index in [1.807, 2.05) is 0 Å². The summed E-state index contributed by atoms with van der Waals surface area (Å²) in [6.07, 6.45) is -4.72. The topological polar surface area (TPSA) is 46.5 Å². The quantitative estimate of drug-likeness (QED) is 0.850. The van der Waals surface area contributed by atoms with Crippen molar-refractivity contribution in [1.29, 1.82) is 0 Å². The third-order valence-corrected chi connectivity index (χ3v) is 2.07. The zero-order chi connectivity index (χ0) is 11.6. The summed E-state index contributed by atoms with van der Waals surface area (Å²) in [5.74, 6) is -1.01. The lowest BCUT2D eigenvalue weighted by molar-refractivity contribution is -0.274. The molecule has 0 spiro atoms. The van der Waals surface area contributed by atoms with Crippen LogP contribution in [0, 0.1) is 0 Å². The summed E-state index contributed by atoms with van der Waals surface area (Å²) < 4.78 is 39.2. The third kappa shape index (κ3) is 3.12. The number of rotatable bonds is 2. The van der Waals surface area contributed by atoms with E-state index in [2.05, 4.69) is 20.7 Å². The van der Waals surface area contributed by atoms with Crippen LogP contribution in [0.4, 0.5) is 13.2 Å². The van der Waals surface area contributed by atoms with E-state index < -0.39 is 12.1 Å². The van der Waals surface area contributed by atoms with Gasteiger partial charge >= 0.3 is 6.36 Å². The molecule has 0 fully saturated rings. The van der Waals surface area contributed by atoms with Crippen molar-refractivity contribution in [3.63, 3.8) is 0 Å². The molecule has 0 radical (unpaired) electrons. The lowest BCUT2D eigenvalue weighted by Gasteiger charge is -2.11. The highest BCUT2D eigenvalue weighted by Crippen LogP contribution is 2.33. The Kier molecular flexibility index (Phi) is 3.23. The van der Waals surface area contributed by atoms with Crippen molar-refractivity contribution in [1.82, 2.24) is 0 Å². The predicted octanol–water partition coefficient (Wildman–Crippen LogP) is 2.87. The minimum atomic E-state index is -4.88. The molecule has 0 heterocycles. The van der Waals surface area contributed by atoms with E-state index >= 15 is 0 Å². The van der Waals surface area contributed by atoms with Gasteiger partial charge in [-0.05, 0) is 28.1 Å². The van der Waals surface area contributed by atoms with Gasteiger partial charge in [-0.25, -0.2) is 0 Å². The van der Waals surface area contributed by atoms with Gasteiger partial charge in [0.15, 0.2) is 6.29 Å². The van der Waals surface area contributed by atoms with Gasteiger partial charge in [0.1, 0.15) is 11.5 Å². The van der Waals surface area contributed by atoms with Gasteiger partial charge in [-0.2, -0.15) is 0 Å². The van der Waals surface area contributed by atoms with Gasteiger partial charge in [-0.15, -0.1) is 13.2 Å². The molecule has 0 unspecified atom stereocenters. The van der Waals surface area contributed by atoms with Crippen molar-refractivity contribution < 1.29 is 27.8 Å². The molecule has 3 nitrogen and oxygen atoms in total. The molecule has 82 valence electrons. The first kappa shape index (κ1) is 11.8. The zero-order valence-corrected chi connectivity index (χ0v) is 8.59. The van der Waals surface area contributed by atoms with Crippen molar-refractivity contribution in [3.8, 4) is 11.5 Å². The standard InChI is InChI=1S/C8H4BrF3O3/c9-5-2-7(15-8(10,11)12)4(3-13)1-6(5)14/h1-3,14H. The molecule has 0 saturated heterocycles. The van der Waals surface area contributed by atoms with Gasteiger partial charge < -0.3 is 9.84 Å². The highest BCUT2D eigenvalue weighted by molar-refractivity contribution is 9.10. The Morgan fingerprint density at radius 3 is 2.47 bits per heavy atom. The molecule has 0 amide bonds. The average Bonchev–Trinajstić information content (AvgIpc) is 2.08. The first-order valence-corrected chi connectivity index (χ1v) is 4.36. The van der Waals surface area contributed by atoms with Crippen molar-refractivity contribution >= 4 is 22.2 Å². The zero-order valence-electron chi connectivity index (χ0n) is 7.01. The SMILES string of the molecule is O=Cc1cc(O)c(Br)cc1OC(F)(F)F. The second-order valence-corrected chi connectivity index (χ2v) is 3.36. The molecule has 0 atom stereocenters. The summed E-state index contributed by atoms with van der Waals surface area (Å²) in [6, 6.07) is 1.74. The highest BCUT2D eigenvalue weighted by Gasteiger charge is 2.32. The summed E-state index contributed by atoms with van der Waals surface area (Å²) in [7, 11) is 0. The lowest BCUT2D eigenvalue weighted by atomic mass is 10.2. The third-order valence-electron chi connectivity index (χ3n) is 1.43. The monoisotopic (exact) mass is 284 g/mol. The number of alkyl halides is 3. The van der Waals surface area contributed by atoms with Crippen LogP contribution in [0.2, 0.25) is 0 Å². The molecular formula is C8H4BrF3O3. The van der Waals surface area contributed by atoms with Crippen LogP contribution >= 0.6 is 15.9 Å². The van der Waals surface area contributed by atoms with Crippen LogP contribution in [-0.4, -0.2) is 17.8 Å². The number of aldehydes is 1. The van der Waals surface area contributed by atoms with E-state index in [4.69, 9.17) is 5.11 Å². The van der Waals surface area contributed by atoms with Crippen molar-refractivity contribution in [2.75, 3.05) is 0 Å². The van der Waals surface area contributed by atoms with Gasteiger partial charge in [0.05, 0.1) is 10.0 Å². The number of aromatic hydroxyl groups is 1. The van der Waals surface area contributed by atoms with Crippen LogP contribution in [0.1, 0.15) is 10.4 Å². The van der Waals surface area contributed by atoms with Crippen molar-refractivity contribution in [2.45, 2.75) is 6.36 Å². The second kappa shape index (κ2) is 4.09. The maximum Gasteiger partial charge on any atom is 0.573 e. The number of phenols is 1. The van der Waals surface area contributed by atoms with Crippen LogP contribution < -0.4 is 4.74 Å². The van der Waals surface area contributed by atoms with Crippen LogP contribution in [0.3, 0.4) is 0 Å². The molecule has 7 heteroatoms. The molecule has 1 aromatic carbocycles. The molecule has 1 N–H and O–H groups in total. The fourth-order valence-electron chi connectivity index (χ4n) is 0.865. The number of carbonyl (C=O) groups excluding carboxylic acids is 1. The number of benzene rings is 1. The fourth-order valence-corrected chi connectivity index (χ4v) is 1.19. The number of phenolic OH excluding ortho intramolecular Hbond substituents is 1. The van der Waals surface area contributed by atoms with Crippen LogP contribution in [0.25, 0.3) is 0 Å². The van der Waals surface area contributed by atoms with Crippen molar-refractivity contribution in [2.24, 2.45) is 0 Å². The van der Waals surface area contributed by atoms with Gasteiger partial charge in [0, 0.05) is 0 Å². The number of hydrogen-bond acceptors (Lipinski definition) is 3. The Bertz CT molecular complexity index is 389. The molecule has 1 rings (SSSR count). The molecule has 0 aliphatic rings. The van der Waals surface area contributed by atoms with Crippen LogP contribution in [0.5, 0.6) is 11.5 Å². The number of hydrogen-bond donors (Lipinski definition) is 1. The fraction of sp³-hybridized carbons (Fsp3) is 0.125. The van der Waals surface area contributed by atoms with Crippen molar-refractivity contribution in [3.05, 3.63) is 22.2 Å². The number of carbonyl (C=O) groups is 1. The number of ether oxygens (including phenoxy) is 1. The van der Waals surface area contributed by atoms with E-state index in [0.29, 0.717) is 0 Å². The van der Waals surface area contributed by atoms with Gasteiger partial charge in [0.25, 0.3) is 0 Å². The predicted molar refractivity (Wildman–Crippen MR) is 47.9 cm³/mol. The van der Waals surface area contributed by atoms with E-state index in [9.17, 15) is 18.0 Å². The molecule has 1 aromatic rings. The molecule has 0 aromatic heterocycles. The normalized spacial score (nSPS) is 11.2. The Morgan fingerprint density at radius 2 is 2.00 bits per heavy atom. The van der Waals surface area contributed by atoms with E-state index in [-0.39, 0.29) is 22.1 Å². The summed E-state index contributed by atoms with van der Waals surface area (Å²) in [4.78, 5) is 10.4. The maximum absolute atomic E-state index is 11.9. The van der Waals surface area contributed by atoms with E-state index in [1.165, 1.54) is 0 Å². The summed E-state index contributed by atoms with van der Waals surface area (Å²) >= 11 is 2.80. The average molecular weight is 285 g/mol. The minimum Gasteiger partial charge on any atom is -0.507 e. The molecule has 0 aliphatic heterocycles. The largest absolute Gasteiger partial charge is 0.573 e. The van der Waals surface area contributed by atoms with Gasteiger partial charge in [-0.3, -0.25) is 4.79 Å². The minimum absolute atomic E-state index is 0.00681. The Hall–Kier alpha value is -1.24. The van der Waals surface area contributed by atoms with E-state index in [1.54, 1.807) is 0 Å². The Labute approximate surface area is 90.6 Å². The molecule has 0 aliphatic carbocycles. The first-order valence-electron chi connectivity index (χ1n) is 3.57. The van der Waals surface area contributed by atoms with Gasteiger partial charge in [-0.1, -0.05) is 0 Å². The summed E-state index contributed by atoms with van der Waals surface area (Å²) in [5.41, 5.74) is -0.381. The Balaban J connectivity index is 3.16.